The van der Waals surface area contributed by atoms with Crippen molar-refractivity contribution in [3.63, 3.8) is 0 Å². The van der Waals surface area contributed by atoms with Crippen molar-refractivity contribution < 1.29 is 14.7 Å². The van der Waals surface area contributed by atoms with Gasteiger partial charge in [-0.1, -0.05) is 0 Å². The quantitative estimate of drug-likeness (QED) is 0.754. The highest BCUT2D eigenvalue weighted by atomic mass is 16.3. The number of rotatable bonds is 2. The van der Waals surface area contributed by atoms with E-state index in [2.05, 4.69) is 0 Å². The van der Waals surface area contributed by atoms with Crippen LogP contribution in [0.2, 0.25) is 0 Å². The molecule has 0 spiro atoms. The Morgan fingerprint density at radius 1 is 1.06 bits per heavy atom. The molecular weight excluding hydrogens is 220 g/mol. The first kappa shape index (κ1) is 14.0. The van der Waals surface area contributed by atoms with E-state index >= 15 is 0 Å². The zero-order valence-corrected chi connectivity index (χ0v) is 10.5. The summed E-state index contributed by atoms with van der Waals surface area (Å²) in [6.07, 6.45) is 4.65. The number of hydrogen-bond acceptors (Lipinski definition) is 3. The van der Waals surface area contributed by atoms with Crippen molar-refractivity contribution in [3.05, 3.63) is 0 Å². The highest BCUT2D eigenvalue weighted by molar-refractivity contribution is 5.78. The molecular formula is C12H22N2O3. The molecule has 1 N–H and O–H groups in total. The molecule has 0 unspecified atom stereocenters. The lowest BCUT2D eigenvalue weighted by Crippen LogP contribution is -2.31. The Bertz CT molecular complexity index is 268. The number of carbonyl (C=O) groups excluding carboxylic acids is 2. The molecule has 0 radical (unpaired) electrons. The fraction of sp³-hybridized carbons (Fsp3) is 0.833. The maximum absolute atomic E-state index is 10.8. The summed E-state index contributed by atoms with van der Waals surface area (Å²) in [5.41, 5.74) is 0. The van der Waals surface area contributed by atoms with Crippen molar-refractivity contribution in [2.75, 3.05) is 33.3 Å². The third kappa shape index (κ3) is 4.73. The van der Waals surface area contributed by atoms with Gasteiger partial charge < -0.3 is 14.9 Å². The fourth-order valence-corrected chi connectivity index (χ4v) is 2.00. The van der Waals surface area contributed by atoms with E-state index in [0.717, 1.165) is 32.4 Å². The second kappa shape index (κ2) is 7.27. The molecule has 0 aromatic carbocycles. The lowest BCUT2D eigenvalue weighted by Gasteiger charge is -2.21. The van der Waals surface area contributed by atoms with Gasteiger partial charge in [0.2, 0.25) is 11.8 Å². The van der Waals surface area contributed by atoms with Crippen molar-refractivity contribution in [2.24, 2.45) is 0 Å². The first-order chi connectivity index (χ1) is 8.15. The second-order valence-electron chi connectivity index (χ2n) is 4.48. The highest BCUT2D eigenvalue weighted by Crippen LogP contribution is 2.07. The van der Waals surface area contributed by atoms with Crippen LogP contribution in [0.4, 0.5) is 0 Å². The maximum atomic E-state index is 10.8. The highest BCUT2D eigenvalue weighted by Gasteiger charge is 2.18. The van der Waals surface area contributed by atoms with Crippen molar-refractivity contribution >= 4 is 11.8 Å². The number of aliphatic hydroxyl groups excluding tert-OH is 1. The molecule has 2 amide bonds. The lowest BCUT2D eigenvalue weighted by molar-refractivity contribution is -0.131. The van der Waals surface area contributed by atoms with Gasteiger partial charge in [0.15, 0.2) is 0 Å². The Balaban J connectivity index is 0.000000171. The molecule has 2 heterocycles. The number of amides is 2. The normalized spacial score (nSPS) is 20.4. The molecule has 2 saturated heterocycles. The summed E-state index contributed by atoms with van der Waals surface area (Å²) >= 11 is 0. The molecule has 5 heteroatoms. The Morgan fingerprint density at radius 2 is 1.76 bits per heavy atom. The number of likely N-dealkylation sites (tertiary alicyclic amines) is 2. The summed E-state index contributed by atoms with van der Waals surface area (Å²) in [4.78, 5) is 25.0. The first-order valence-electron chi connectivity index (χ1n) is 6.27. The van der Waals surface area contributed by atoms with E-state index in [-0.39, 0.29) is 12.5 Å². The molecule has 0 aromatic heterocycles. The van der Waals surface area contributed by atoms with E-state index in [0.29, 0.717) is 18.9 Å². The van der Waals surface area contributed by atoms with Crippen molar-refractivity contribution in [2.45, 2.75) is 32.1 Å². The molecule has 0 atom stereocenters. The molecule has 2 aliphatic rings. The number of hydrogen-bond donors (Lipinski definition) is 1. The SMILES string of the molecule is CN1CCCCC1=O.O=C1CCCN1CCO. The molecule has 5 nitrogen and oxygen atoms in total. The predicted octanol–water partition coefficient (Wildman–Crippen LogP) is 0.230. The van der Waals surface area contributed by atoms with Crippen LogP contribution in [-0.2, 0) is 9.59 Å². The fourth-order valence-electron chi connectivity index (χ4n) is 2.00. The lowest BCUT2D eigenvalue weighted by atomic mass is 10.1. The minimum absolute atomic E-state index is 0.0890. The van der Waals surface area contributed by atoms with E-state index in [1.807, 2.05) is 7.05 Å². The predicted molar refractivity (Wildman–Crippen MR) is 64.4 cm³/mol. The smallest absolute Gasteiger partial charge is 0.222 e. The Hall–Kier alpha value is -1.10. The topological polar surface area (TPSA) is 60.9 Å². The van der Waals surface area contributed by atoms with Crippen LogP contribution in [0.1, 0.15) is 32.1 Å². The summed E-state index contributed by atoms with van der Waals surface area (Å²) < 4.78 is 0. The monoisotopic (exact) mass is 242 g/mol. The van der Waals surface area contributed by atoms with Gasteiger partial charge in [0.05, 0.1) is 6.61 Å². The number of carbonyl (C=O) groups is 2. The second-order valence-corrected chi connectivity index (χ2v) is 4.48. The largest absolute Gasteiger partial charge is 0.395 e. The number of piperidine rings is 1. The van der Waals surface area contributed by atoms with Gasteiger partial charge in [0.1, 0.15) is 0 Å². The minimum atomic E-state index is 0.0890. The average Bonchev–Trinajstić information content (AvgIpc) is 2.71. The number of nitrogens with zero attached hydrogens (tertiary/aromatic N) is 2. The zero-order chi connectivity index (χ0) is 12.7. The number of aliphatic hydroxyl groups is 1. The van der Waals surface area contributed by atoms with Gasteiger partial charge in [-0.05, 0) is 19.3 Å². The Labute approximate surface area is 102 Å². The molecule has 17 heavy (non-hydrogen) atoms. The van der Waals surface area contributed by atoms with Gasteiger partial charge in [-0.15, -0.1) is 0 Å². The summed E-state index contributed by atoms with van der Waals surface area (Å²) in [5.74, 6) is 0.486. The third-order valence-corrected chi connectivity index (χ3v) is 3.10. The van der Waals surface area contributed by atoms with Gasteiger partial charge in [-0.3, -0.25) is 9.59 Å². The summed E-state index contributed by atoms with van der Waals surface area (Å²) in [5, 5.41) is 8.45. The van der Waals surface area contributed by atoms with E-state index in [1.165, 1.54) is 6.42 Å². The van der Waals surface area contributed by atoms with Crippen LogP contribution >= 0.6 is 0 Å². The Morgan fingerprint density at radius 3 is 2.18 bits per heavy atom. The third-order valence-electron chi connectivity index (χ3n) is 3.10. The van der Waals surface area contributed by atoms with Crippen LogP contribution < -0.4 is 0 Å². The summed E-state index contributed by atoms with van der Waals surface area (Å²) in [6.45, 7) is 2.39. The molecule has 0 saturated carbocycles. The summed E-state index contributed by atoms with van der Waals surface area (Å²) in [7, 11) is 1.86. The molecule has 98 valence electrons. The molecule has 2 rings (SSSR count). The van der Waals surface area contributed by atoms with Crippen molar-refractivity contribution in [3.8, 4) is 0 Å². The van der Waals surface area contributed by atoms with Crippen LogP contribution in [-0.4, -0.2) is 60.0 Å². The summed E-state index contributed by atoms with van der Waals surface area (Å²) in [6, 6.07) is 0. The molecule has 2 fully saturated rings. The van der Waals surface area contributed by atoms with E-state index in [9.17, 15) is 9.59 Å². The van der Waals surface area contributed by atoms with E-state index in [1.54, 1.807) is 9.80 Å². The van der Waals surface area contributed by atoms with E-state index in [4.69, 9.17) is 5.11 Å². The standard InChI is InChI=1S/C6H11NO2.C6H11NO/c8-5-4-7-3-1-2-6(7)9;1-7-5-3-2-4-6(7)8/h8H,1-5H2;2-5H2,1H3. The molecule has 0 aromatic rings. The van der Waals surface area contributed by atoms with E-state index < -0.39 is 0 Å². The van der Waals surface area contributed by atoms with Gasteiger partial charge in [-0.25, -0.2) is 0 Å². The number of β-amino-alcohol motifs (C(OH)–C–C–N with tert-alkyl or cyclic N) is 1. The zero-order valence-electron chi connectivity index (χ0n) is 10.5. The van der Waals surface area contributed by atoms with Gasteiger partial charge in [0, 0.05) is 39.5 Å². The van der Waals surface area contributed by atoms with Crippen LogP contribution in [0.25, 0.3) is 0 Å². The van der Waals surface area contributed by atoms with Gasteiger partial charge in [0.25, 0.3) is 0 Å². The van der Waals surface area contributed by atoms with Crippen LogP contribution in [0.15, 0.2) is 0 Å². The first-order valence-corrected chi connectivity index (χ1v) is 6.27. The van der Waals surface area contributed by atoms with Crippen LogP contribution in [0.3, 0.4) is 0 Å². The molecule has 2 aliphatic heterocycles. The van der Waals surface area contributed by atoms with Crippen LogP contribution in [0.5, 0.6) is 0 Å². The van der Waals surface area contributed by atoms with Gasteiger partial charge >= 0.3 is 0 Å². The van der Waals surface area contributed by atoms with Crippen molar-refractivity contribution in [1.82, 2.24) is 9.80 Å². The Kier molecular flexibility index (Phi) is 5.97. The molecule has 0 aliphatic carbocycles. The van der Waals surface area contributed by atoms with Crippen LogP contribution in [0, 0.1) is 0 Å². The average molecular weight is 242 g/mol. The minimum Gasteiger partial charge on any atom is -0.395 e. The molecule has 0 bridgehead atoms. The maximum Gasteiger partial charge on any atom is 0.222 e. The van der Waals surface area contributed by atoms with Gasteiger partial charge in [-0.2, -0.15) is 0 Å². The van der Waals surface area contributed by atoms with Crippen molar-refractivity contribution in [1.29, 1.82) is 0 Å².